The van der Waals surface area contributed by atoms with Gasteiger partial charge in [0.25, 0.3) is 11.6 Å². The fourth-order valence-electron chi connectivity index (χ4n) is 2.76. The Morgan fingerprint density at radius 3 is 2.55 bits per heavy atom. The standard InChI is InChI=1S/C17H16Cl2N4O4S2/c18-10-8-20-9-11(19)15(10)29-17-12(23(26)27)7-13(28-17)16(25)21-4-3-14(24)22-5-1-2-6-22/h7-9H,1-6H2,(H,21,25). The van der Waals surface area contributed by atoms with Crippen LogP contribution in [0.2, 0.25) is 10.0 Å². The zero-order valence-electron chi connectivity index (χ0n) is 15.0. The molecule has 1 N–H and O–H groups in total. The van der Waals surface area contributed by atoms with E-state index in [1.54, 1.807) is 4.90 Å². The van der Waals surface area contributed by atoms with Crippen molar-refractivity contribution in [2.45, 2.75) is 28.4 Å². The Hall–Kier alpha value is -1.88. The van der Waals surface area contributed by atoms with Crippen molar-refractivity contribution in [3.63, 3.8) is 0 Å². The van der Waals surface area contributed by atoms with Gasteiger partial charge in [-0.15, -0.1) is 11.3 Å². The van der Waals surface area contributed by atoms with Crippen LogP contribution in [0.25, 0.3) is 0 Å². The molecule has 0 aromatic carbocycles. The minimum atomic E-state index is -0.560. The maximum Gasteiger partial charge on any atom is 0.294 e. The summed E-state index contributed by atoms with van der Waals surface area (Å²) in [4.78, 5) is 41.5. The molecule has 1 aliphatic heterocycles. The van der Waals surface area contributed by atoms with Gasteiger partial charge in [-0.3, -0.25) is 24.7 Å². The molecule has 154 valence electrons. The number of halogens is 2. The lowest BCUT2D eigenvalue weighted by atomic mass is 10.3. The van der Waals surface area contributed by atoms with Gasteiger partial charge in [-0.2, -0.15) is 0 Å². The average Bonchev–Trinajstić information content (AvgIpc) is 3.34. The largest absolute Gasteiger partial charge is 0.351 e. The zero-order valence-corrected chi connectivity index (χ0v) is 18.2. The molecule has 2 aromatic heterocycles. The maximum atomic E-state index is 12.4. The van der Waals surface area contributed by atoms with E-state index in [-0.39, 0.29) is 43.7 Å². The van der Waals surface area contributed by atoms with Gasteiger partial charge in [0.05, 0.1) is 19.9 Å². The van der Waals surface area contributed by atoms with Gasteiger partial charge in [-0.05, 0) is 12.8 Å². The van der Waals surface area contributed by atoms with Crippen molar-refractivity contribution in [3.8, 4) is 0 Å². The highest BCUT2D eigenvalue weighted by atomic mass is 35.5. The molecule has 1 fully saturated rings. The molecule has 2 aromatic rings. The molecular formula is C17H16Cl2N4O4S2. The number of rotatable bonds is 7. The molecule has 0 spiro atoms. The summed E-state index contributed by atoms with van der Waals surface area (Å²) in [6.45, 7) is 1.68. The van der Waals surface area contributed by atoms with Crippen molar-refractivity contribution < 1.29 is 14.5 Å². The van der Waals surface area contributed by atoms with E-state index in [1.165, 1.54) is 18.5 Å². The smallest absolute Gasteiger partial charge is 0.294 e. The first-order valence-corrected chi connectivity index (χ1v) is 11.1. The van der Waals surface area contributed by atoms with E-state index in [1.807, 2.05) is 0 Å². The maximum absolute atomic E-state index is 12.4. The molecule has 1 saturated heterocycles. The Balaban J connectivity index is 1.68. The van der Waals surface area contributed by atoms with E-state index in [0.717, 1.165) is 49.0 Å². The zero-order chi connectivity index (χ0) is 21.0. The lowest BCUT2D eigenvalue weighted by Gasteiger charge is -2.14. The highest BCUT2D eigenvalue weighted by Gasteiger charge is 2.25. The molecule has 3 heterocycles. The van der Waals surface area contributed by atoms with Crippen molar-refractivity contribution in [3.05, 3.63) is 43.5 Å². The molecule has 0 saturated carbocycles. The number of carbonyl (C=O) groups is 2. The first-order chi connectivity index (χ1) is 13.9. The lowest BCUT2D eigenvalue weighted by Crippen LogP contribution is -2.32. The number of nitrogens with zero attached hydrogens (tertiary/aromatic N) is 3. The molecule has 3 rings (SSSR count). The fourth-order valence-corrected chi connectivity index (χ4v) is 5.54. The molecule has 29 heavy (non-hydrogen) atoms. The Morgan fingerprint density at radius 2 is 1.93 bits per heavy atom. The van der Waals surface area contributed by atoms with Gasteiger partial charge in [0.15, 0.2) is 0 Å². The van der Waals surface area contributed by atoms with Crippen LogP contribution in [0.15, 0.2) is 27.6 Å². The van der Waals surface area contributed by atoms with Crippen LogP contribution >= 0.6 is 46.3 Å². The second kappa shape index (κ2) is 9.75. The number of likely N-dealkylation sites (tertiary alicyclic amines) is 1. The van der Waals surface area contributed by atoms with E-state index >= 15 is 0 Å². The van der Waals surface area contributed by atoms with Crippen molar-refractivity contribution in [2.75, 3.05) is 19.6 Å². The molecule has 0 unspecified atom stereocenters. The van der Waals surface area contributed by atoms with Gasteiger partial charge in [-0.1, -0.05) is 35.0 Å². The van der Waals surface area contributed by atoms with Gasteiger partial charge in [-0.25, -0.2) is 0 Å². The number of amides is 2. The highest BCUT2D eigenvalue weighted by Crippen LogP contribution is 2.45. The molecule has 12 heteroatoms. The second-order valence-electron chi connectivity index (χ2n) is 6.17. The number of aromatic nitrogens is 1. The summed E-state index contributed by atoms with van der Waals surface area (Å²) in [6, 6.07) is 1.22. The van der Waals surface area contributed by atoms with E-state index in [9.17, 15) is 19.7 Å². The fraction of sp³-hybridized carbons (Fsp3) is 0.353. The second-order valence-corrected chi connectivity index (χ2v) is 9.31. The predicted octanol–water partition coefficient (Wildman–Crippen LogP) is 4.25. The van der Waals surface area contributed by atoms with Gasteiger partial charge >= 0.3 is 0 Å². The number of nitrogens with one attached hydrogen (secondary N) is 1. The number of hydrogen-bond acceptors (Lipinski definition) is 7. The number of pyridine rings is 1. The summed E-state index contributed by atoms with van der Waals surface area (Å²) in [7, 11) is 0. The SMILES string of the molecule is O=C(NCCC(=O)N1CCCC1)c1cc([N+](=O)[O-])c(Sc2c(Cl)cncc2Cl)s1. The van der Waals surface area contributed by atoms with Gasteiger partial charge in [0.2, 0.25) is 5.91 Å². The quantitative estimate of drug-likeness (QED) is 0.474. The average molecular weight is 475 g/mol. The normalized spacial score (nSPS) is 13.5. The monoisotopic (exact) mass is 474 g/mol. The van der Waals surface area contributed by atoms with E-state index in [2.05, 4.69) is 10.3 Å². The number of nitro groups is 1. The molecule has 0 aliphatic carbocycles. The Labute approximate surface area is 184 Å². The van der Waals surface area contributed by atoms with Crippen LogP contribution in [0.1, 0.15) is 28.9 Å². The molecular weight excluding hydrogens is 459 g/mol. The third-order valence-electron chi connectivity index (χ3n) is 4.19. The highest BCUT2D eigenvalue weighted by molar-refractivity contribution is 8.01. The summed E-state index contributed by atoms with van der Waals surface area (Å²) in [6.07, 6.45) is 4.98. The first kappa shape index (κ1) is 21.8. The van der Waals surface area contributed by atoms with Crippen LogP contribution in [-0.2, 0) is 4.79 Å². The predicted molar refractivity (Wildman–Crippen MR) is 112 cm³/mol. The lowest BCUT2D eigenvalue weighted by molar-refractivity contribution is -0.387. The first-order valence-electron chi connectivity index (χ1n) is 8.68. The summed E-state index contributed by atoms with van der Waals surface area (Å²) < 4.78 is 0.281. The Morgan fingerprint density at radius 1 is 1.28 bits per heavy atom. The van der Waals surface area contributed by atoms with Crippen molar-refractivity contribution in [1.82, 2.24) is 15.2 Å². The van der Waals surface area contributed by atoms with Crippen molar-refractivity contribution >= 4 is 63.8 Å². The van der Waals surface area contributed by atoms with Crippen molar-refractivity contribution in [1.29, 1.82) is 0 Å². The third kappa shape index (κ3) is 5.39. The van der Waals surface area contributed by atoms with Crippen LogP contribution in [0.5, 0.6) is 0 Å². The molecule has 8 nitrogen and oxygen atoms in total. The van der Waals surface area contributed by atoms with Crippen LogP contribution < -0.4 is 5.32 Å². The minimum Gasteiger partial charge on any atom is -0.351 e. The number of hydrogen-bond donors (Lipinski definition) is 1. The van der Waals surface area contributed by atoms with Crippen LogP contribution in [0, 0.1) is 10.1 Å². The topological polar surface area (TPSA) is 105 Å². The van der Waals surface area contributed by atoms with Crippen LogP contribution in [0.3, 0.4) is 0 Å². The summed E-state index contributed by atoms with van der Waals surface area (Å²) in [5, 5.41) is 14.6. The van der Waals surface area contributed by atoms with E-state index in [0.29, 0.717) is 4.90 Å². The number of thiophene rings is 1. The third-order valence-corrected chi connectivity index (χ3v) is 7.44. The van der Waals surface area contributed by atoms with Gasteiger partial charge < -0.3 is 10.2 Å². The van der Waals surface area contributed by atoms with Crippen LogP contribution in [0.4, 0.5) is 5.69 Å². The van der Waals surface area contributed by atoms with E-state index in [4.69, 9.17) is 23.2 Å². The van der Waals surface area contributed by atoms with E-state index < -0.39 is 10.8 Å². The van der Waals surface area contributed by atoms with Gasteiger partial charge in [0.1, 0.15) is 9.09 Å². The van der Waals surface area contributed by atoms with Crippen molar-refractivity contribution in [2.24, 2.45) is 0 Å². The summed E-state index contributed by atoms with van der Waals surface area (Å²) in [5.41, 5.74) is -0.206. The van der Waals surface area contributed by atoms with Gasteiger partial charge in [0, 0.05) is 44.5 Å². The van der Waals surface area contributed by atoms with Crippen LogP contribution in [-0.4, -0.2) is 46.3 Å². The minimum absolute atomic E-state index is 0.00169. The number of carbonyl (C=O) groups excluding carboxylic acids is 2. The Kier molecular flexibility index (Phi) is 7.33. The molecule has 2 amide bonds. The molecule has 1 aliphatic rings. The summed E-state index contributed by atoms with van der Waals surface area (Å²) >= 11 is 14.1. The molecule has 0 bridgehead atoms. The molecule has 0 atom stereocenters. The molecule has 0 radical (unpaired) electrons. The Bertz CT molecular complexity index is 927. The summed E-state index contributed by atoms with van der Waals surface area (Å²) in [5.74, 6) is -0.468.